The van der Waals surface area contributed by atoms with Crippen molar-refractivity contribution in [3.05, 3.63) is 33.8 Å². The summed E-state index contributed by atoms with van der Waals surface area (Å²) in [5.74, 6) is 0. The molecule has 1 aromatic rings. The van der Waals surface area contributed by atoms with Gasteiger partial charge < -0.3 is 0 Å². The van der Waals surface area contributed by atoms with Gasteiger partial charge in [0, 0.05) is 17.1 Å². The average molecular weight is 322 g/mol. The number of rotatable bonds is 2. The molecule has 0 unspecified atom stereocenters. The molecule has 0 amide bonds. The number of benzene rings is 1. The molecule has 1 heterocycles. The van der Waals surface area contributed by atoms with E-state index in [4.69, 9.17) is 0 Å². The van der Waals surface area contributed by atoms with E-state index < -0.39 is 11.7 Å². The Balaban J connectivity index is 2.15. The van der Waals surface area contributed by atoms with E-state index >= 15 is 0 Å². The number of alkyl halides is 3. The Labute approximate surface area is 113 Å². The van der Waals surface area contributed by atoms with Gasteiger partial charge in [0.2, 0.25) is 0 Å². The zero-order valence-corrected chi connectivity index (χ0v) is 11.7. The number of halogens is 4. The first-order valence-electron chi connectivity index (χ1n) is 5.97. The fourth-order valence-electron chi connectivity index (χ4n) is 2.30. The highest BCUT2D eigenvalue weighted by molar-refractivity contribution is 9.10. The minimum Gasteiger partial charge on any atom is -0.296 e. The first-order chi connectivity index (χ1) is 8.38. The van der Waals surface area contributed by atoms with E-state index in [9.17, 15) is 13.2 Å². The van der Waals surface area contributed by atoms with E-state index in [1.165, 1.54) is 6.42 Å². The molecule has 0 aromatic heterocycles. The summed E-state index contributed by atoms with van der Waals surface area (Å²) in [6.07, 6.45) is -1.94. The monoisotopic (exact) mass is 321 g/mol. The topological polar surface area (TPSA) is 3.24 Å². The molecule has 1 saturated heterocycles. The van der Waals surface area contributed by atoms with Crippen LogP contribution in [0, 0.1) is 0 Å². The van der Waals surface area contributed by atoms with E-state index in [0.717, 1.165) is 30.7 Å². The number of hydrogen-bond acceptors (Lipinski definition) is 1. The van der Waals surface area contributed by atoms with Crippen LogP contribution in [0.15, 0.2) is 22.7 Å². The summed E-state index contributed by atoms with van der Waals surface area (Å²) in [4.78, 5) is 2.30. The Hall–Kier alpha value is -0.550. The molecule has 1 atom stereocenters. The van der Waals surface area contributed by atoms with Crippen LogP contribution in [0.5, 0.6) is 0 Å². The van der Waals surface area contributed by atoms with Crippen molar-refractivity contribution >= 4 is 15.9 Å². The second kappa shape index (κ2) is 5.21. The summed E-state index contributed by atoms with van der Waals surface area (Å²) in [5.41, 5.74) is 0.310. The van der Waals surface area contributed by atoms with Crippen LogP contribution in [-0.4, -0.2) is 17.5 Å². The molecule has 18 heavy (non-hydrogen) atoms. The molecule has 0 radical (unpaired) electrons. The van der Waals surface area contributed by atoms with Crippen LogP contribution in [-0.2, 0) is 12.7 Å². The molecule has 5 heteroatoms. The van der Waals surface area contributed by atoms with Crippen molar-refractivity contribution in [2.24, 2.45) is 0 Å². The van der Waals surface area contributed by atoms with Crippen LogP contribution in [0.25, 0.3) is 0 Å². The summed E-state index contributed by atoms with van der Waals surface area (Å²) in [6, 6.07) is 4.40. The Morgan fingerprint density at radius 1 is 1.39 bits per heavy atom. The molecule has 1 aromatic carbocycles. The lowest BCUT2D eigenvalue weighted by Crippen LogP contribution is -2.26. The van der Waals surface area contributed by atoms with Gasteiger partial charge in [-0.3, -0.25) is 4.90 Å². The average Bonchev–Trinajstić information content (AvgIpc) is 2.66. The summed E-state index contributed by atoms with van der Waals surface area (Å²) in [6.45, 7) is 3.89. The molecule has 0 N–H and O–H groups in total. The van der Waals surface area contributed by atoms with Crippen LogP contribution in [0.1, 0.15) is 30.9 Å². The van der Waals surface area contributed by atoms with Crippen LogP contribution in [0.4, 0.5) is 13.2 Å². The van der Waals surface area contributed by atoms with Crippen molar-refractivity contribution in [3.63, 3.8) is 0 Å². The normalized spacial score (nSPS) is 21.5. The van der Waals surface area contributed by atoms with Gasteiger partial charge in [0.05, 0.1) is 5.56 Å². The third-order valence-corrected chi connectivity index (χ3v) is 4.18. The standard InChI is InChI=1S/C13H15BrF3N/c1-9-3-2-6-18(9)8-10-4-5-11(7-12(10)14)13(15,16)17/h4-5,7,9H,2-3,6,8H2,1H3/t9-/m1/s1. The highest BCUT2D eigenvalue weighted by Gasteiger charge is 2.31. The second-order valence-corrected chi connectivity index (χ2v) is 5.62. The van der Waals surface area contributed by atoms with Gasteiger partial charge in [0.15, 0.2) is 0 Å². The van der Waals surface area contributed by atoms with E-state index in [1.54, 1.807) is 6.07 Å². The lowest BCUT2D eigenvalue weighted by molar-refractivity contribution is -0.137. The zero-order valence-electron chi connectivity index (χ0n) is 10.1. The molecule has 1 fully saturated rings. The highest BCUT2D eigenvalue weighted by Crippen LogP contribution is 2.33. The maximum absolute atomic E-state index is 12.5. The van der Waals surface area contributed by atoms with Crippen LogP contribution < -0.4 is 0 Å². The third-order valence-electron chi connectivity index (χ3n) is 3.44. The Kier molecular flexibility index (Phi) is 4.02. The van der Waals surface area contributed by atoms with E-state index in [-0.39, 0.29) is 0 Å². The second-order valence-electron chi connectivity index (χ2n) is 4.77. The predicted molar refractivity (Wildman–Crippen MR) is 68.3 cm³/mol. The van der Waals surface area contributed by atoms with Crippen molar-refractivity contribution in [1.29, 1.82) is 0 Å². The van der Waals surface area contributed by atoms with Crippen molar-refractivity contribution < 1.29 is 13.2 Å². The quantitative estimate of drug-likeness (QED) is 0.777. The van der Waals surface area contributed by atoms with Crippen molar-refractivity contribution in [3.8, 4) is 0 Å². The first kappa shape index (κ1) is 13.9. The number of likely N-dealkylation sites (tertiary alicyclic amines) is 1. The van der Waals surface area contributed by atoms with Gasteiger partial charge in [-0.1, -0.05) is 22.0 Å². The summed E-state index contributed by atoms with van der Waals surface area (Å²) in [7, 11) is 0. The molecule has 1 nitrogen and oxygen atoms in total. The molecule has 1 aliphatic heterocycles. The van der Waals surface area contributed by atoms with E-state index in [1.807, 2.05) is 0 Å². The fourth-order valence-corrected chi connectivity index (χ4v) is 2.80. The maximum Gasteiger partial charge on any atom is 0.416 e. The number of hydrogen-bond donors (Lipinski definition) is 0. The molecule has 0 bridgehead atoms. The van der Waals surface area contributed by atoms with Gasteiger partial charge in [-0.25, -0.2) is 0 Å². The van der Waals surface area contributed by atoms with E-state index in [0.29, 0.717) is 17.1 Å². The largest absolute Gasteiger partial charge is 0.416 e. The molecular weight excluding hydrogens is 307 g/mol. The van der Waals surface area contributed by atoms with Crippen LogP contribution in [0.2, 0.25) is 0 Å². The molecule has 0 aliphatic carbocycles. The zero-order chi connectivity index (χ0) is 13.3. The van der Waals surface area contributed by atoms with Crippen LogP contribution >= 0.6 is 15.9 Å². The minimum atomic E-state index is -4.28. The summed E-state index contributed by atoms with van der Waals surface area (Å²) >= 11 is 3.24. The van der Waals surface area contributed by atoms with Gasteiger partial charge in [-0.15, -0.1) is 0 Å². The highest BCUT2D eigenvalue weighted by atomic mass is 79.9. The van der Waals surface area contributed by atoms with Crippen molar-refractivity contribution in [1.82, 2.24) is 4.90 Å². The maximum atomic E-state index is 12.5. The summed E-state index contributed by atoms with van der Waals surface area (Å²) < 4.78 is 38.1. The molecule has 0 spiro atoms. The third kappa shape index (κ3) is 3.06. The molecule has 1 aliphatic rings. The lowest BCUT2D eigenvalue weighted by Gasteiger charge is -2.22. The van der Waals surface area contributed by atoms with E-state index in [2.05, 4.69) is 27.8 Å². The van der Waals surface area contributed by atoms with Gasteiger partial charge in [0.1, 0.15) is 0 Å². The van der Waals surface area contributed by atoms with Gasteiger partial charge in [0.25, 0.3) is 0 Å². The fraction of sp³-hybridized carbons (Fsp3) is 0.538. The molecule has 100 valence electrons. The smallest absolute Gasteiger partial charge is 0.296 e. The Morgan fingerprint density at radius 3 is 2.61 bits per heavy atom. The number of nitrogens with zero attached hydrogens (tertiary/aromatic N) is 1. The Bertz CT molecular complexity index is 431. The van der Waals surface area contributed by atoms with Crippen molar-refractivity contribution in [2.75, 3.05) is 6.54 Å². The SMILES string of the molecule is C[C@@H]1CCCN1Cc1ccc(C(F)(F)F)cc1Br. The van der Waals surface area contributed by atoms with Gasteiger partial charge >= 0.3 is 6.18 Å². The summed E-state index contributed by atoms with van der Waals surface area (Å²) in [5, 5.41) is 0. The lowest BCUT2D eigenvalue weighted by atomic mass is 10.1. The van der Waals surface area contributed by atoms with Crippen LogP contribution in [0.3, 0.4) is 0 Å². The molecule has 0 saturated carbocycles. The predicted octanol–water partition coefficient (Wildman–Crippen LogP) is 4.45. The minimum absolute atomic E-state index is 0.513. The van der Waals surface area contributed by atoms with Crippen molar-refractivity contribution in [2.45, 2.75) is 38.5 Å². The van der Waals surface area contributed by atoms with Gasteiger partial charge in [-0.2, -0.15) is 13.2 Å². The van der Waals surface area contributed by atoms with Gasteiger partial charge in [-0.05, 0) is 44.0 Å². The first-order valence-corrected chi connectivity index (χ1v) is 6.77. The Morgan fingerprint density at radius 2 is 2.11 bits per heavy atom. The molecular formula is C13H15BrF3N. The molecule has 2 rings (SSSR count).